The Bertz CT molecular complexity index is 507. The maximum absolute atomic E-state index is 13.1. The Hall–Kier alpha value is -1.49. The predicted molar refractivity (Wildman–Crippen MR) is 76.2 cm³/mol. The molecule has 0 unspecified atom stereocenters. The van der Waals surface area contributed by atoms with Gasteiger partial charge >= 0.3 is 6.18 Å². The molecule has 1 aliphatic carbocycles. The molecule has 2 nitrogen and oxygen atoms in total. The van der Waals surface area contributed by atoms with Crippen molar-refractivity contribution in [3.05, 3.63) is 41.5 Å². The minimum absolute atomic E-state index is 0.112. The summed E-state index contributed by atoms with van der Waals surface area (Å²) in [6, 6.07) is 4.72. The zero-order valence-corrected chi connectivity index (χ0v) is 12.1. The minimum atomic E-state index is -4.41. The molecule has 1 aromatic carbocycles. The van der Waals surface area contributed by atoms with Crippen molar-refractivity contribution in [3.63, 3.8) is 0 Å². The summed E-state index contributed by atoms with van der Waals surface area (Å²) in [6.45, 7) is 6.19. The first-order chi connectivity index (χ1) is 9.86. The number of hydrogen-bond acceptors (Lipinski definition) is 2. The van der Waals surface area contributed by atoms with E-state index in [1.54, 1.807) is 6.07 Å². The lowest BCUT2D eigenvalue weighted by Crippen LogP contribution is -2.16. The van der Waals surface area contributed by atoms with Crippen LogP contribution in [-0.2, 0) is 12.7 Å². The van der Waals surface area contributed by atoms with Crippen LogP contribution in [-0.4, -0.2) is 12.6 Å². The second kappa shape index (κ2) is 6.52. The summed E-state index contributed by atoms with van der Waals surface area (Å²) in [5, 5.41) is 3.21. The lowest BCUT2D eigenvalue weighted by atomic mass is 10.1. The van der Waals surface area contributed by atoms with Crippen LogP contribution in [0.4, 0.5) is 13.2 Å². The lowest BCUT2D eigenvalue weighted by Gasteiger charge is -2.15. The molecule has 116 valence electrons. The largest absolute Gasteiger partial charge is 0.493 e. The molecule has 0 heterocycles. The van der Waals surface area contributed by atoms with Gasteiger partial charge in [0.25, 0.3) is 0 Å². The molecule has 0 saturated heterocycles. The van der Waals surface area contributed by atoms with E-state index in [4.69, 9.17) is 4.74 Å². The number of ether oxygens (including phenoxy) is 1. The van der Waals surface area contributed by atoms with Crippen LogP contribution in [0.15, 0.2) is 30.4 Å². The summed E-state index contributed by atoms with van der Waals surface area (Å²) in [6.07, 6.45) is -1.65. The van der Waals surface area contributed by atoms with Gasteiger partial charge in [-0.2, -0.15) is 13.2 Å². The smallest absolute Gasteiger partial charge is 0.419 e. The Morgan fingerprint density at radius 3 is 2.67 bits per heavy atom. The van der Waals surface area contributed by atoms with E-state index in [0.29, 0.717) is 24.6 Å². The van der Waals surface area contributed by atoms with Gasteiger partial charge in [-0.25, -0.2) is 0 Å². The van der Waals surface area contributed by atoms with Crippen LogP contribution in [0, 0.1) is 0 Å². The van der Waals surface area contributed by atoms with Gasteiger partial charge in [-0.1, -0.05) is 11.6 Å². The molecule has 2 rings (SSSR count). The van der Waals surface area contributed by atoms with Gasteiger partial charge < -0.3 is 10.1 Å². The molecule has 1 fully saturated rings. The van der Waals surface area contributed by atoms with Crippen LogP contribution in [0.1, 0.15) is 37.3 Å². The second-order valence-corrected chi connectivity index (χ2v) is 5.54. The molecule has 1 saturated carbocycles. The van der Waals surface area contributed by atoms with Crippen LogP contribution < -0.4 is 10.1 Å². The predicted octanol–water partition coefficient (Wildman–Crippen LogP) is 4.30. The third kappa shape index (κ3) is 5.08. The fourth-order valence-electron chi connectivity index (χ4n) is 1.92. The third-order valence-electron chi connectivity index (χ3n) is 3.31. The second-order valence-electron chi connectivity index (χ2n) is 5.54. The number of rotatable bonds is 7. The number of halogens is 3. The maximum atomic E-state index is 13.1. The van der Waals surface area contributed by atoms with Gasteiger partial charge in [0.15, 0.2) is 0 Å². The zero-order chi connectivity index (χ0) is 15.5. The Morgan fingerprint density at radius 2 is 2.10 bits per heavy atom. The Labute approximate surface area is 123 Å². The van der Waals surface area contributed by atoms with E-state index >= 15 is 0 Å². The lowest BCUT2D eigenvalue weighted by molar-refractivity contribution is -0.139. The molecule has 1 aliphatic rings. The van der Waals surface area contributed by atoms with Crippen molar-refractivity contribution in [3.8, 4) is 5.75 Å². The molecule has 0 radical (unpaired) electrons. The average Bonchev–Trinajstić information content (AvgIpc) is 3.19. The van der Waals surface area contributed by atoms with Crippen molar-refractivity contribution in [1.82, 2.24) is 5.32 Å². The minimum Gasteiger partial charge on any atom is -0.493 e. The van der Waals surface area contributed by atoms with Crippen LogP contribution >= 0.6 is 0 Å². The van der Waals surface area contributed by atoms with Crippen LogP contribution in [0.5, 0.6) is 5.75 Å². The van der Waals surface area contributed by atoms with Crippen molar-refractivity contribution >= 4 is 0 Å². The molecule has 1 N–H and O–H groups in total. The summed E-state index contributed by atoms with van der Waals surface area (Å²) in [7, 11) is 0. The van der Waals surface area contributed by atoms with Gasteiger partial charge in [-0.05, 0) is 37.5 Å². The first kappa shape index (κ1) is 15.9. The zero-order valence-electron chi connectivity index (χ0n) is 12.1. The molecule has 0 spiro atoms. The fraction of sp³-hybridized carbons (Fsp3) is 0.500. The van der Waals surface area contributed by atoms with Gasteiger partial charge in [0.05, 0.1) is 12.2 Å². The summed E-state index contributed by atoms with van der Waals surface area (Å²) in [5.41, 5.74) is 0.801. The van der Waals surface area contributed by atoms with Crippen molar-refractivity contribution in [2.45, 2.75) is 44.9 Å². The Kier molecular flexibility index (Phi) is 4.93. The number of alkyl halides is 3. The van der Waals surface area contributed by atoms with Crippen molar-refractivity contribution in [2.24, 2.45) is 0 Å². The van der Waals surface area contributed by atoms with E-state index < -0.39 is 11.7 Å². The molecular weight excluding hydrogens is 279 g/mol. The molecular formula is C16H20F3NO. The van der Waals surface area contributed by atoms with Gasteiger partial charge in [0.2, 0.25) is 0 Å². The summed E-state index contributed by atoms with van der Waals surface area (Å²) in [4.78, 5) is 0. The molecule has 0 aliphatic heterocycles. The number of hydrogen-bond donors (Lipinski definition) is 1. The van der Waals surface area contributed by atoms with Gasteiger partial charge in [-0.15, -0.1) is 6.58 Å². The van der Waals surface area contributed by atoms with E-state index in [1.807, 2.05) is 6.92 Å². The quantitative estimate of drug-likeness (QED) is 0.758. The molecule has 0 bridgehead atoms. The van der Waals surface area contributed by atoms with Gasteiger partial charge in [-0.3, -0.25) is 0 Å². The number of nitrogens with one attached hydrogen (secondary N) is 1. The van der Waals surface area contributed by atoms with E-state index in [0.717, 1.165) is 18.4 Å². The molecule has 1 aromatic rings. The fourth-order valence-corrected chi connectivity index (χ4v) is 1.92. The SMILES string of the molecule is C=C(C)CCOc1ccc(CNC2CC2)cc1C(F)(F)F. The third-order valence-corrected chi connectivity index (χ3v) is 3.31. The van der Waals surface area contributed by atoms with Gasteiger partial charge in [0, 0.05) is 19.0 Å². The van der Waals surface area contributed by atoms with E-state index in [1.165, 1.54) is 12.1 Å². The molecule has 21 heavy (non-hydrogen) atoms. The highest BCUT2D eigenvalue weighted by Gasteiger charge is 2.34. The van der Waals surface area contributed by atoms with E-state index in [9.17, 15) is 13.2 Å². The number of benzene rings is 1. The topological polar surface area (TPSA) is 21.3 Å². The Morgan fingerprint density at radius 1 is 1.38 bits per heavy atom. The molecule has 0 aromatic heterocycles. The first-order valence-corrected chi connectivity index (χ1v) is 7.07. The highest BCUT2D eigenvalue weighted by atomic mass is 19.4. The summed E-state index contributed by atoms with van der Waals surface area (Å²) < 4.78 is 44.6. The van der Waals surface area contributed by atoms with Crippen LogP contribution in [0.25, 0.3) is 0 Å². The van der Waals surface area contributed by atoms with Gasteiger partial charge in [0.1, 0.15) is 5.75 Å². The van der Waals surface area contributed by atoms with Crippen molar-refractivity contribution in [1.29, 1.82) is 0 Å². The van der Waals surface area contributed by atoms with Crippen LogP contribution in [0.3, 0.4) is 0 Å². The Balaban J connectivity index is 2.08. The van der Waals surface area contributed by atoms with E-state index in [2.05, 4.69) is 11.9 Å². The molecule has 0 amide bonds. The standard InChI is InChI=1S/C16H20F3NO/c1-11(2)7-8-21-15-6-3-12(10-20-13-4-5-13)9-14(15)16(17,18)19/h3,6,9,13,20H,1,4-5,7-8,10H2,2H3. The maximum Gasteiger partial charge on any atom is 0.419 e. The normalized spacial score (nSPS) is 15.0. The van der Waals surface area contributed by atoms with E-state index in [-0.39, 0.29) is 12.4 Å². The van der Waals surface area contributed by atoms with Crippen LogP contribution in [0.2, 0.25) is 0 Å². The average molecular weight is 299 g/mol. The first-order valence-electron chi connectivity index (χ1n) is 7.07. The summed E-state index contributed by atoms with van der Waals surface area (Å²) in [5.74, 6) is -0.112. The van der Waals surface area contributed by atoms with Crippen molar-refractivity contribution < 1.29 is 17.9 Å². The summed E-state index contributed by atoms with van der Waals surface area (Å²) >= 11 is 0. The molecule has 0 atom stereocenters. The highest BCUT2D eigenvalue weighted by molar-refractivity contribution is 5.39. The monoisotopic (exact) mass is 299 g/mol. The molecule has 5 heteroatoms. The van der Waals surface area contributed by atoms with Crippen molar-refractivity contribution in [2.75, 3.05) is 6.61 Å². The highest BCUT2D eigenvalue weighted by Crippen LogP contribution is 2.37.